The van der Waals surface area contributed by atoms with Crippen LogP contribution < -0.4 is 5.32 Å². The number of methoxy groups -OCH3 is 1. The topological polar surface area (TPSA) is 89.4 Å². The van der Waals surface area contributed by atoms with Crippen molar-refractivity contribution < 1.29 is 14.3 Å². The highest BCUT2D eigenvalue weighted by atomic mass is 32.1. The Balaban J connectivity index is 1.43. The van der Waals surface area contributed by atoms with Gasteiger partial charge in [-0.3, -0.25) is 9.69 Å². The quantitative estimate of drug-likeness (QED) is 0.627. The average Bonchev–Trinajstić information content (AvgIpc) is 3.34. The van der Waals surface area contributed by atoms with Crippen molar-refractivity contribution in [2.45, 2.75) is 25.6 Å². The van der Waals surface area contributed by atoms with Crippen LogP contribution in [-0.2, 0) is 29.0 Å². The first-order chi connectivity index (χ1) is 13.1. The maximum absolute atomic E-state index is 12.7. The Morgan fingerprint density at radius 1 is 1.30 bits per heavy atom. The number of carbonyl (C=O) groups excluding carboxylic acids is 2. The summed E-state index contributed by atoms with van der Waals surface area (Å²) in [5.74, 6) is -0.233. The molecular formula is C18H19N5O3S. The number of ether oxygens (including phenoxy) is 1. The summed E-state index contributed by atoms with van der Waals surface area (Å²) in [5.41, 5.74) is 0.661. The van der Waals surface area contributed by atoms with Gasteiger partial charge in [0, 0.05) is 29.3 Å². The predicted molar refractivity (Wildman–Crippen MR) is 100 cm³/mol. The molecule has 3 amide bonds. The maximum Gasteiger partial charge on any atom is 0.325 e. The molecule has 1 N–H and O–H groups in total. The first-order valence-electron chi connectivity index (χ1n) is 8.61. The molecule has 0 aliphatic carbocycles. The molecule has 4 rings (SSSR count). The van der Waals surface area contributed by atoms with Gasteiger partial charge in [-0.1, -0.05) is 23.4 Å². The standard InChI is InChI=1S/C18H19N5O3S/c1-26-7-6-22-10-13(20-21-22)9-15-17(24)23(18(25)19-15)11-14-8-12-4-2-3-5-16(12)27-14/h2-5,8,10,15H,6-7,9,11H2,1H3,(H,19,25)/t15-/m0/s1. The molecule has 1 aromatic carbocycles. The number of benzene rings is 1. The zero-order valence-electron chi connectivity index (χ0n) is 14.8. The second-order valence-corrected chi connectivity index (χ2v) is 7.52. The lowest BCUT2D eigenvalue weighted by molar-refractivity contribution is -0.127. The van der Waals surface area contributed by atoms with Gasteiger partial charge in [-0.15, -0.1) is 16.4 Å². The van der Waals surface area contributed by atoms with Crippen LogP contribution in [0.5, 0.6) is 0 Å². The third-order valence-electron chi connectivity index (χ3n) is 4.42. The molecule has 9 heteroatoms. The van der Waals surface area contributed by atoms with E-state index in [1.165, 1.54) is 4.90 Å². The van der Waals surface area contributed by atoms with E-state index in [1.807, 2.05) is 30.3 Å². The molecule has 3 aromatic rings. The van der Waals surface area contributed by atoms with Gasteiger partial charge in [0.2, 0.25) is 0 Å². The van der Waals surface area contributed by atoms with Gasteiger partial charge >= 0.3 is 6.03 Å². The summed E-state index contributed by atoms with van der Waals surface area (Å²) >= 11 is 1.59. The molecule has 8 nitrogen and oxygen atoms in total. The van der Waals surface area contributed by atoms with E-state index >= 15 is 0 Å². The molecule has 1 atom stereocenters. The number of nitrogens with one attached hydrogen (secondary N) is 1. The molecule has 140 valence electrons. The fourth-order valence-electron chi connectivity index (χ4n) is 3.07. The minimum Gasteiger partial charge on any atom is -0.383 e. The lowest BCUT2D eigenvalue weighted by Crippen LogP contribution is -2.32. The molecular weight excluding hydrogens is 366 g/mol. The van der Waals surface area contributed by atoms with Gasteiger partial charge < -0.3 is 10.1 Å². The monoisotopic (exact) mass is 385 g/mol. The zero-order valence-corrected chi connectivity index (χ0v) is 15.6. The van der Waals surface area contributed by atoms with E-state index in [-0.39, 0.29) is 18.5 Å². The molecule has 1 saturated heterocycles. The molecule has 0 spiro atoms. The minimum absolute atomic E-state index is 0.233. The van der Waals surface area contributed by atoms with Crippen molar-refractivity contribution >= 4 is 33.4 Å². The minimum atomic E-state index is -0.612. The number of urea groups is 1. The van der Waals surface area contributed by atoms with Crippen molar-refractivity contribution in [3.05, 3.63) is 47.1 Å². The summed E-state index contributed by atoms with van der Waals surface area (Å²) in [4.78, 5) is 27.2. The number of carbonyl (C=O) groups is 2. The Labute approximate surface area is 159 Å². The maximum atomic E-state index is 12.7. The van der Waals surface area contributed by atoms with Crippen LogP contribution in [0, 0.1) is 0 Å². The Morgan fingerprint density at radius 2 is 2.15 bits per heavy atom. The van der Waals surface area contributed by atoms with Crippen molar-refractivity contribution in [1.82, 2.24) is 25.2 Å². The summed E-state index contributed by atoms with van der Waals surface area (Å²) in [7, 11) is 1.62. The first kappa shape index (κ1) is 17.6. The Kier molecular flexibility index (Phi) is 4.87. The molecule has 0 radical (unpaired) electrons. The normalized spacial score (nSPS) is 17.1. The van der Waals surface area contributed by atoms with Crippen molar-refractivity contribution in [1.29, 1.82) is 0 Å². The lowest BCUT2D eigenvalue weighted by Gasteiger charge is -2.11. The molecule has 0 bridgehead atoms. The van der Waals surface area contributed by atoms with Gasteiger partial charge in [0.1, 0.15) is 6.04 Å². The Bertz CT molecular complexity index is 949. The molecule has 0 unspecified atom stereocenters. The number of amides is 3. The first-order valence-corrected chi connectivity index (χ1v) is 9.43. The van der Waals surface area contributed by atoms with Gasteiger partial charge in [0.05, 0.1) is 25.4 Å². The van der Waals surface area contributed by atoms with E-state index in [2.05, 4.69) is 15.6 Å². The number of rotatable bonds is 7. The molecule has 2 aromatic heterocycles. The van der Waals surface area contributed by atoms with Crippen molar-refractivity contribution in [3.8, 4) is 0 Å². The number of thiophene rings is 1. The van der Waals surface area contributed by atoms with Gasteiger partial charge in [0.25, 0.3) is 5.91 Å². The van der Waals surface area contributed by atoms with Crippen LogP contribution in [0.4, 0.5) is 4.79 Å². The summed E-state index contributed by atoms with van der Waals surface area (Å²) < 4.78 is 7.81. The fraction of sp³-hybridized carbons (Fsp3) is 0.333. The predicted octanol–water partition coefficient (Wildman–Crippen LogP) is 1.80. The number of hydrogen-bond donors (Lipinski definition) is 1. The average molecular weight is 385 g/mol. The van der Waals surface area contributed by atoms with E-state index in [0.717, 1.165) is 15.0 Å². The molecule has 1 aliphatic heterocycles. The van der Waals surface area contributed by atoms with E-state index in [4.69, 9.17) is 4.74 Å². The third-order valence-corrected chi connectivity index (χ3v) is 5.52. The van der Waals surface area contributed by atoms with Gasteiger partial charge in [0.15, 0.2) is 0 Å². The van der Waals surface area contributed by atoms with E-state index in [9.17, 15) is 9.59 Å². The second kappa shape index (κ2) is 7.45. The highest BCUT2D eigenvalue weighted by molar-refractivity contribution is 7.19. The Morgan fingerprint density at radius 3 is 2.96 bits per heavy atom. The van der Waals surface area contributed by atoms with E-state index < -0.39 is 6.04 Å². The number of aromatic nitrogens is 3. The van der Waals surface area contributed by atoms with Crippen LogP contribution in [0.15, 0.2) is 36.5 Å². The van der Waals surface area contributed by atoms with Crippen LogP contribution in [0.25, 0.3) is 10.1 Å². The Hall–Kier alpha value is -2.78. The zero-order chi connectivity index (χ0) is 18.8. The molecule has 27 heavy (non-hydrogen) atoms. The largest absolute Gasteiger partial charge is 0.383 e. The molecule has 0 saturated carbocycles. The fourth-order valence-corrected chi connectivity index (χ4v) is 4.12. The van der Waals surface area contributed by atoms with Crippen LogP contribution in [-0.4, -0.2) is 51.6 Å². The summed E-state index contributed by atoms with van der Waals surface area (Å²) in [5, 5.41) is 11.9. The van der Waals surface area contributed by atoms with Gasteiger partial charge in [-0.05, 0) is 17.5 Å². The molecule has 1 aliphatic rings. The summed E-state index contributed by atoms with van der Waals surface area (Å²) in [6.45, 7) is 1.40. The highest BCUT2D eigenvalue weighted by Crippen LogP contribution is 2.27. The SMILES string of the molecule is COCCn1cc(C[C@@H]2NC(=O)N(Cc3cc4ccccc4s3)C2=O)nn1. The van der Waals surface area contributed by atoms with Crippen LogP contribution >= 0.6 is 11.3 Å². The van der Waals surface area contributed by atoms with Gasteiger partial charge in [-0.25, -0.2) is 9.48 Å². The van der Waals surface area contributed by atoms with Crippen molar-refractivity contribution in [3.63, 3.8) is 0 Å². The highest BCUT2D eigenvalue weighted by Gasteiger charge is 2.38. The smallest absolute Gasteiger partial charge is 0.325 e. The van der Waals surface area contributed by atoms with Crippen molar-refractivity contribution in [2.24, 2.45) is 0 Å². The second-order valence-electron chi connectivity index (χ2n) is 6.35. The molecule has 3 heterocycles. The van der Waals surface area contributed by atoms with E-state index in [1.54, 1.807) is 29.3 Å². The van der Waals surface area contributed by atoms with Crippen LogP contribution in [0.2, 0.25) is 0 Å². The van der Waals surface area contributed by atoms with Gasteiger partial charge in [-0.2, -0.15) is 0 Å². The van der Waals surface area contributed by atoms with Crippen LogP contribution in [0.3, 0.4) is 0 Å². The third kappa shape index (κ3) is 3.69. The molecule has 1 fully saturated rings. The number of nitrogens with zero attached hydrogens (tertiary/aromatic N) is 4. The lowest BCUT2D eigenvalue weighted by atomic mass is 10.1. The summed E-state index contributed by atoms with van der Waals surface area (Å²) in [6.07, 6.45) is 2.09. The number of imide groups is 1. The summed E-state index contributed by atoms with van der Waals surface area (Å²) in [6, 6.07) is 9.06. The van der Waals surface area contributed by atoms with Crippen molar-refractivity contribution in [2.75, 3.05) is 13.7 Å². The van der Waals surface area contributed by atoms with E-state index in [0.29, 0.717) is 25.3 Å². The number of fused-ring (bicyclic) bond motifs is 1. The number of hydrogen-bond acceptors (Lipinski definition) is 6. The van der Waals surface area contributed by atoms with Crippen LogP contribution in [0.1, 0.15) is 10.6 Å².